The summed E-state index contributed by atoms with van der Waals surface area (Å²) < 4.78 is 2.97. The van der Waals surface area contributed by atoms with Crippen molar-refractivity contribution in [3.05, 3.63) is 200 Å². The molecule has 4 aromatic heterocycles. The van der Waals surface area contributed by atoms with Gasteiger partial charge in [0.25, 0.3) is 0 Å². The first-order valence-corrected chi connectivity index (χ1v) is 26.5. The molecular formula is C56H52Cl4N16O3. The van der Waals surface area contributed by atoms with E-state index in [2.05, 4.69) is 68.8 Å². The Hall–Kier alpha value is -8.33. The van der Waals surface area contributed by atoms with Gasteiger partial charge in [-0.15, -0.1) is 10.2 Å². The van der Waals surface area contributed by atoms with Crippen molar-refractivity contribution >= 4 is 76.3 Å². The van der Waals surface area contributed by atoms with Gasteiger partial charge in [-0.2, -0.15) is 9.36 Å². The predicted octanol–water partition coefficient (Wildman–Crippen LogP) is 9.83. The molecule has 0 aliphatic carbocycles. The van der Waals surface area contributed by atoms with E-state index in [0.717, 1.165) is 28.7 Å². The van der Waals surface area contributed by atoms with E-state index in [-0.39, 0.29) is 24.2 Å². The van der Waals surface area contributed by atoms with Crippen molar-refractivity contribution in [2.24, 2.45) is 5.73 Å². The van der Waals surface area contributed by atoms with Gasteiger partial charge in [-0.25, -0.2) is 9.97 Å². The number of hydrogen-bond donors (Lipinski definition) is 5. The average Bonchev–Trinajstić information content (AvgIpc) is 4.41. The fourth-order valence-corrected chi connectivity index (χ4v) is 9.73. The van der Waals surface area contributed by atoms with Crippen molar-refractivity contribution in [2.45, 2.75) is 51.1 Å². The van der Waals surface area contributed by atoms with Crippen LogP contribution in [0.1, 0.15) is 76.7 Å². The highest BCUT2D eigenvalue weighted by atomic mass is 35.5. The molecular weight excluding hydrogens is 1090 g/mol. The maximum absolute atomic E-state index is 13.6. The van der Waals surface area contributed by atoms with E-state index in [1.54, 1.807) is 48.6 Å². The monoisotopic (exact) mass is 1140 g/mol. The number of nitrogens with one attached hydrogen (secondary N) is 4. The molecule has 5 aromatic carbocycles. The Morgan fingerprint density at radius 3 is 1.65 bits per heavy atom. The third kappa shape index (κ3) is 14.2. The largest absolute Gasteiger partial charge is 0.343 e. The number of amides is 3. The number of rotatable bonds is 17. The van der Waals surface area contributed by atoms with Crippen molar-refractivity contribution in [1.29, 1.82) is 0 Å². The number of nitrogens with two attached hydrogens (primary N) is 1. The summed E-state index contributed by atoms with van der Waals surface area (Å²) in [6, 6.07) is 35.1. The number of tetrazole rings is 2. The first-order valence-electron chi connectivity index (χ1n) is 25.0. The summed E-state index contributed by atoms with van der Waals surface area (Å²) in [6.45, 7) is 5.62. The van der Waals surface area contributed by atoms with Gasteiger partial charge >= 0.3 is 0 Å². The Balaban J connectivity index is 0.000000199. The van der Waals surface area contributed by atoms with E-state index in [4.69, 9.17) is 57.1 Å². The average molecular weight is 1140 g/mol. The Labute approximate surface area is 474 Å². The molecule has 3 atom stereocenters. The summed E-state index contributed by atoms with van der Waals surface area (Å²) in [5, 5.41) is 30.1. The molecule has 1 unspecified atom stereocenters. The van der Waals surface area contributed by atoms with Crippen LogP contribution in [-0.4, -0.2) is 103 Å². The van der Waals surface area contributed by atoms with Crippen LogP contribution in [0.5, 0.6) is 0 Å². The second-order valence-corrected chi connectivity index (χ2v) is 20.2. The molecule has 5 heterocycles. The van der Waals surface area contributed by atoms with Crippen LogP contribution in [0.2, 0.25) is 20.4 Å². The molecule has 1 saturated heterocycles. The molecule has 1 aliphatic rings. The number of aromatic amines is 2. The van der Waals surface area contributed by atoms with Gasteiger partial charge in [0.15, 0.2) is 0 Å². The van der Waals surface area contributed by atoms with Crippen LogP contribution in [0.25, 0.3) is 46.0 Å². The standard InChI is InChI=1S/C33H30Cl2N8O2.C23H22Cl2N8O/c1-21-7-9-23(10-8-21)31-32(35)39-33(38-31)27(18-30(45)42-16-15-25(19-42)22-5-3-2-4-6-22)37-29(44)14-11-24-17-26(34)12-13-28(24)43-20-36-40-41-43;1-14-2-4-15(5-3-14)21-22(25)30-23(29-21)18(10-11-26)28-20(34)9-6-16-12-17(24)7-8-19(16)33-13-27-31-32-33/h2-14,17,20,25,27H,15-16,18-19H2,1H3,(H,37,44)(H,38,39);2-9,12-13,18H,10-11,26H2,1H3,(H,28,34)(H,29,30)/b14-11+;9-6+/t25?,27-;18-/m00/s1. The third-order valence-electron chi connectivity index (χ3n) is 12.9. The summed E-state index contributed by atoms with van der Waals surface area (Å²) in [6.07, 6.45) is 10.3. The minimum absolute atomic E-state index is 0.00527. The van der Waals surface area contributed by atoms with Crippen molar-refractivity contribution < 1.29 is 14.4 Å². The summed E-state index contributed by atoms with van der Waals surface area (Å²) in [7, 11) is 0. The van der Waals surface area contributed by atoms with Crippen LogP contribution in [0.15, 0.2) is 140 Å². The van der Waals surface area contributed by atoms with Gasteiger partial charge in [0.2, 0.25) is 17.7 Å². The first-order chi connectivity index (χ1) is 38.3. The van der Waals surface area contributed by atoms with Crippen molar-refractivity contribution in [1.82, 2.24) is 75.9 Å². The van der Waals surface area contributed by atoms with Crippen molar-refractivity contribution in [3.8, 4) is 33.9 Å². The highest BCUT2D eigenvalue weighted by Crippen LogP contribution is 2.33. The molecule has 0 spiro atoms. The van der Waals surface area contributed by atoms with Gasteiger partial charge in [0.1, 0.15) is 46.0 Å². The zero-order valence-electron chi connectivity index (χ0n) is 42.6. The normalized spacial score (nSPS) is 14.1. The molecule has 0 bridgehead atoms. The SMILES string of the molecule is Cc1ccc(-c2nc([C@H](CC(=O)N3CCC(c4ccccc4)C3)NC(=O)/C=C/c3cc(Cl)ccc3-n3cnnn3)[nH]c2Cl)cc1.Cc1ccc(-c2nc([C@H](CCN)NC(=O)/C=C/c3cc(Cl)ccc3-n3cnnn3)[nH]c2Cl)cc1. The fraction of sp³-hybridized carbons (Fsp3) is 0.196. The molecule has 402 valence electrons. The maximum Gasteiger partial charge on any atom is 0.244 e. The summed E-state index contributed by atoms with van der Waals surface area (Å²) >= 11 is 25.4. The molecule has 1 aliphatic heterocycles. The lowest BCUT2D eigenvalue weighted by atomic mass is 9.99. The van der Waals surface area contributed by atoms with Crippen LogP contribution in [0.3, 0.4) is 0 Å². The number of likely N-dealkylation sites (tertiary alicyclic amines) is 1. The number of imidazole rings is 2. The Bertz CT molecular complexity index is 3590. The molecule has 0 saturated carbocycles. The maximum atomic E-state index is 13.6. The quantitative estimate of drug-likeness (QED) is 0.0535. The minimum Gasteiger partial charge on any atom is -0.343 e. The molecule has 79 heavy (non-hydrogen) atoms. The van der Waals surface area contributed by atoms with E-state index in [0.29, 0.717) is 91.9 Å². The topological polar surface area (TPSA) is 249 Å². The van der Waals surface area contributed by atoms with Crippen LogP contribution in [0, 0.1) is 13.8 Å². The van der Waals surface area contributed by atoms with Crippen LogP contribution in [0.4, 0.5) is 0 Å². The summed E-state index contributed by atoms with van der Waals surface area (Å²) in [5.41, 5.74) is 14.7. The smallest absolute Gasteiger partial charge is 0.244 e. The summed E-state index contributed by atoms with van der Waals surface area (Å²) in [5.74, 6) is 0.354. The number of halogens is 4. The number of nitrogens with zero attached hydrogens (tertiary/aromatic N) is 11. The Kier molecular flexibility index (Phi) is 18.2. The fourth-order valence-electron chi connectivity index (χ4n) is 8.87. The van der Waals surface area contributed by atoms with E-state index in [1.807, 2.05) is 85.5 Å². The highest BCUT2D eigenvalue weighted by molar-refractivity contribution is 6.32. The van der Waals surface area contributed by atoms with Gasteiger partial charge in [0.05, 0.1) is 29.9 Å². The first kappa shape index (κ1) is 55.4. The zero-order valence-corrected chi connectivity index (χ0v) is 45.7. The molecule has 10 rings (SSSR count). The highest BCUT2D eigenvalue weighted by Gasteiger charge is 2.31. The lowest BCUT2D eigenvalue weighted by molar-refractivity contribution is -0.131. The second-order valence-electron chi connectivity index (χ2n) is 18.5. The molecule has 9 aromatic rings. The van der Waals surface area contributed by atoms with E-state index >= 15 is 0 Å². The summed E-state index contributed by atoms with van der Waals surface area (Å²) in [4.78, 5) is 57.1. The Morgan fingerprint density at radius 1 is 0.671 bits per heavy atom. The molecule has 1 fully saturated rings. The lowest BCUT2D eigenvalue weighted by Crippen LogP contribution is -2.35. The van der Waals surface area contributed by atoms with Crippen LogP contribution in [-0.2, 0) is 14.4 Å². The number of benzene rings is 5. The number of aryl methyl sites for hydroxylation is 2. The predicted molar refractivity (Wildman–Crippen MR) is 304 cm³/mol. The van der Waals surface area contributed by atoms with Gasteiger partial charge in [0, 0.05) is 63.5 Å². The van der Waals surface area contributed by atoms with Crippen molar-refractivity contribution in [2.75, 3.05) is 19.6 Å². The zero-order chi connectivity index (χ0) is 55.4. The molecule has 6 N–H and O–H groups in total. The van der Waals surface area contributed by atoms with Gasteiger partial charge in [-0.05, 0) is 108 Å². The number of hydrogen-bond acceptors (Lipinski definition) is 12. The molecule has 23 heteroatoms. The third-order valence-corrected chi connectivity index (χ3v) is 14.0. The Morgan fingerprint density at radius 2 is 1.16 bits per heavy atom. The van der Waals surface area contributed by atoms with Gasteiger partial charge in [-0.1, -0.05) is 136 Å². The van der Waals surface area contributed by atoms with E-state index in [1.165, 1.54) is 39.7 Å². The van der Waals surface area contributed by atoms with Gasteiger partial charge < -0.3 is 31.2 Å². The number of H-pyrrole nitrogens is 2. The van der Waals surface area contributed by atoms with Gasteiger partial charge in [-0.3, -0.25) is 14.4 Å². The molecule has 19 nitrogen and oxygen atoms in total. The second kappa shape index (κ2) is 25.9. The number of carbonyl (C=O) groups is 3. The number of carbonyl (C=O) groups excluding carboxylic acids is 3. The lowest BCUT2D eigenvalue weighted by Gasteiger charge is -2.21. The molecule has 0 radical (unpaired) electrons. The van der Waals surface area contributed by atoms with Crippen LogP contribution >= 0.6 is 46.4 Å². The molecule has 3 amide bonds. The number of aromatic nitrogens is 12. The van der Waals surface area contributed by atoms with E-state index < -0.39 is 18.0 Å². The van der Waals surface area contributed by atoms with E-state index in [9.17, 15) is 14.4 Å². The van der Waals surface area contributed by atoms with Crippen molar-refractivity contribution in [3.63, 3.8) is 0 Å². The minimum atomic E-state index is -0.763. The van der Waals surface area contributed by atoms with Crippen LogP contribution < -0.4 is 16.4 Å².